The SMILES string of the molecule is COc1cc(C=O)ccc1S(=O)(=O)NNC(=O)NC(C)(C(F)(F)F)C(F)(F)F. The van der Waals surface area contributed by atoms with Gasteiger partial charge in [0, 0.05) is 5.56 Å². The Balaban J connectivity index is 3.02. The minimum atomic E-state index is -5.92. The maximum Gasteiger partial charge on any atom is 0.420 e. The molecule has 1 aromatic carbocycles. The highest BCUT2D eigenvalue weighted by atomic mass is 32.2. The van der Waals surface area contributed by atoms with Gasteiger partial charge < -0.3 is 10.1 Å². The lowest BCUT2D eigenvalue weighted by Gasteiger charge is -2.34. The number of urea groups is 1. The highest BCUT2D eigenvalue weighted by Gasteiger charge is 2.68. The molecule has 0 aliphatic rings. The van der Waals surface area contributed by atoms with E-state index >= 15 is 0 Å². The Labute approximate surface area is 154 Å². The van der Waals surface area contributed by atoms with Crippen LogP contribution in [0.25, 0.3) is 0 Å². The van der Waals surface area contributed by atoms with E-state index in [2.05, 4.69) is 0 Å². The number of rotatable bonds is 6. The van der Waals surface area contributed by atoms with Crippen molar-refractivity contribution >= 4 is 22.3 Å². The number of carbonyl (C=O) groups excluding carboxylic acids is 2. The number of hydrogen-bond donors (Lipinski definition) is 3. The summed E-state index contributed by atoms with van der Waals surface area (Å²) in [5.41, 5.74) is -3.43. The van der Waals surface area contributed by atoms with Crippen LogP contribution in [0, 0.1) is 0 Å². The third-order valence-electron chi connectivity index (χ3n) is 3.41. The van der Waals surface area contributed by atoms with Gasteiger partial charge in [-0.2, -0.15) is 26.3 Å². The molecule has 0 saturated heterocycles. The van der Waals surface area contributed by atoms with Crippen molar-refractivity contribution in [3.63, 3.8) is 0 Å². The molecule has 0 unspecified atom stereocenters. The Morgan fingerprint density at radius 2 is 1.64 bits per heavy atom. The van der Waals surface area contributed by atoms with Gasteiger partial charge >= 0.3 is 18.4 Å². The molecule has 1 rings (SSSR count). The quantitative estimate of drug-likeness (QED) is 0.357. The summed E-state index contributed by atoms with van der Waals surface area (Å²) in [4.78, 5) is 22.8. The molecule has 0 fully saturated rings. The summed E-state index contributed by atoms with van der Waals surface area (Å²) in [5, 5.41) is 0.640. The van der Waals surface area contributed by atoms with Crippen molar-refractivity contribution in [1.82, 2.24) is 15.6 Å². The van der Waals surface area contributed by atoms with E-state index in [1.54, 1.807) is 0 Å². The molecule has 0 aliphatic heterocycles. The van der Waals surface area contributed by atoms with E-state index in [0.29, 0.717) is 11.6 Å². The Kier molecular flexibility index (Phi) is 6.56. The number of benzene rings is 1. The predicted molar refractivity (Wildman–Crippen MR) is 80.9 cm³/mol. The molecule has 0 radical (unpaired) electrons. The number of nitrogens with one attached hydrogen (secondary N) is 3. The van der Waals surface area contributed by atoms with Crippen LogP contribution in [-0.4, -0.2) is 45.7 Å². The largest absolute Gasteiger partial charge is 0.495 e. The van der Waals surface area contributed by atoms with Crippen molar-refractivity contribution in [2.45, 2.75) is 29.7 Å². The Morgan fingerprint density at radius 1 is 1.11 bits per heavy atom. The summed E-state index contributed by atoms with van der Waals surface area (Å²) >= 11 is 0. The lowest BCUT2D eigenvalue weighted by molar-refractivity contribution is -0.297. The van der Waals surface area contributed by atoms with Gasteiger partial charge in [-0.25, -0.2) is 13.2 Å². The van der Waals surface area contributed by atoms with Crippen LogP contribution in [0.5, 0.6) is 5.75 Å². The molecule has 0 saturated carbocycles. The van der Waals surface area contributed by atoms with Crippen LogP contribution >= 0.6 is 0 Å². The molecule has 3 N–H and O–H groups in total. The molecule has 0 spiro atoms. The van der Waals surface area contributed by atoms with E-state index in [1.807, 2.05) is 0 Å². The maximum absolute atomic E-state index is 12.7. The molecule has 15 heteroatoms. The van der Waals surface area contributed by atoms with Gasteiger partial charge in [0.15, 0.2) is 0 Å². The Hall–Kier alpha value is -2.55. The minimum absolute atomic E-state index is 0.0209. The zero-order chi connectivity index (χ0) is 22.0. The molecule has 0 aliphatic carbocycles. The normalized spacial score (nSPS) is 13.0. The van der Waals surface area contributed by atoms with Crippen LogP contribution in [-0.2, 0) is 10.0 Å². The zero-order valence-corrected chi connectivity index (χ0v) is 14.8. The number of methoxy groups -OCH3 is 1. The average Bonchev–Trinajstić information content (AvgIpc) is 2.57. The molecule has 1 aromatic rings. The Morgan fingerprint density at radius 3 is 2.07 bits per heavy atom. The standard InChI is InChI=1S/C13H13F6N3O5S/c1-11(12(14,15)16,13(17,18)19)20-10(24)21-22-28(25,26)9-4-3-7(6-23)5-8(9)27-2/h3-6,22H,1-2H3,(H2,20,21,24). The number of hydrazine groups is 1. The third-order valence-corrected chi connectivity index (χ3v) is 4.70. The molecule has 8 nitrogen and oxygen atoms in total. The van der Waals surface area contributed by atoms with Crippen LogP contribution < -0.4 is 20.3 Å². The van der Waals surface area contributed by atoms with E-state index in [1.165, 1.54) is 10.3 Å². The third kappa shape index (κ3) is 4.83. The fraction of sp³-hybridized carbons (Fsp3) is 0.385. The number of sulfonamides is 1. The van der Waals surface area contributed by atoms with E-state index in [-0.39, 0.29) is 18.2 Å². The summed E-state index contributed by atoms with van der Waals surface area (Å²) in [6.07, 6.45) is -11.5. The zero-order valence-electron chi connectivity index (χ0n) is 14.0. The van der Waals surface area contributed by atoms with Crippen molar-refractivity contribution in [2.75, 3.05) is 7.11 Å². The first-order chi connectivity index (χ1) is 12.6. The smallest absolute Gasteiger partial charge is 0.420 e. The van der Waals surface area contributed by atoms with Crippen molar-refractivity contribution in [3.05, 3.63) is 23.8 Å². The second kappa shape index (κ2) is 7.83. The van der Waals surface area contributed by atoms with Gasteiger partial charge in [-0.15, -0.1) is 4.83 Å². The number of hydrogen-bond acceptors (Lipinski definition) is 5. The van der Waals surface area contributed by atoms with Crippen LogP contribution in [0.1, 0.15) is 17.3 Å². The fourth-order valence-electron chi connectivity index (χ4n) is 1.71. The van der Waals surface area contributed by atoms with E-state index in [9.17, 15) is 44.3 Å². The molecule has 2 amide bonds. The van der Waals surface area contributed by atoms with Gasteiger partial charge in [0.2, 0.25) is 5.54 Å². The van der Waals surface area contributed by atoms with Gasteiger partial charge in [0.1, 0.15) is 16.9 Å². The molecule has 158 valence electrons. The lowest BCUT2D eigenvalue weighted by Crippen LogP contribution is -2.67. The summed E-state index contributed by atoms with van der Waals surface area (Å²) in [5.74, 6) is -0.366. The molecule has 0 aromatic heterocycles. The minimum Gasteiger partial charge on any atom is -0.495 e. The number of amides is 2. The summed E-state index contributed by atoms with van der Waals surface area (Å²) in [7, 11) is -3.63. The number of carbonyl (C=O) groups is 2. The van der Waals surface area contributed by atoms with E-state index in [4.69, 9.17) is 4.74 Å². The molecular formula is C13H13F6N3O5S. The van der Waals surface area contributed by atoms with Gasteiger partial charge in [-0.05, 0) is 19.1 Å². The number of halogens is 6. The van der Waals surface area contributed by atoms with Crippen LogP contribution in [0.4, 0.5) is 31.1 Å². The second-order valence-corrected chi connectivity index (χ2v) is 6.98. The Bertz CT molecular complexity index is 839. The van der Waals surface area contributed by atoms with Crippen molar-refractivity contribution in [1.29, 1.82) is 0 Å². The number of ether oxygens (including phenoxy) is 1. The molecule has 0 atom stereocenters. The number of aldehydes is 1. The van der Waals surface area contributed by atoms with Gasteiger partial charge in [0.05, 0.1) is 7.11 Å². The van der Waals surface area contributed by atoms with Gasteiger partial charge in [-0.1, -0.05) is 6.07 Å². The molecule has 0 bridgehead atoms. The maximum atomic E-state index is 12.7. The van der Waals surface area contributed by atoms with Crippen LogP contribution in [0.2, 0.25) is 0 Å². The summed E-state index contributed by atoms with van der Waals surface area (Å²) < 4.78 is 105. The van der Waals surface area contributed by atoms with E-state index in [0.717, 1.165) is 25.3 Å². The van der Waals surface area contributed by atoms with Gasteiger partial charge in [-0.3, -0.25) is 10.2 Å². The first-order valence-electron chi connectivity index (χ1n) is 6.95. The molecular weight excluding hydrogens is 424 g/mol. The first kappa shape index (κ1) is 23.5. The highest BCUT2D eigenvalue weighted by molar-refractivity contribution is 7.89. The molecule has 28 heavy (non-hydrogen) atoms. The van der Waals surface area contributed by atoms with Crippen LogP contribution in [0.15, 0.2) is 23.1 Å². The van der Waals surface area contributed by atoms with Crippen LogP contribution in [0.3, 0.4) is 0 Å². The lowest BCUT2D eigenvalue weighted by atomic mass is 10.0. The average molecular weight is 437 g/mol. The predicted octanol–water partition coefficient (Wildman–Crippen LogP) is 1.88. The topological polar surface area (TPSA) is 114 Å². The summed E-state index contributed by atoms with van der Waals surface area (Å²) in [6.45, 7) is -0.331. The van der Waals surface area contributed by atoms with Crippen molar-refractivity contribution in [2.24, 2.45) is 0 Å². The van der Waals surface area contributed by atoms with Crippen molar-refractivity contribution < 1.29 is 49.1 Å². The van der Waals surface area contributed by atoms with Gasteiger partial charge in [0.25, 0.3) is 10.0 Å². The van der Waals surface area contributed by atoms with E-state index < -0.39 is 38.8 Å². The monoisotopic (exact) mass is 437 g/mol. The highest BCUT2D eigenvalue weighted by Crippen LogP contribution is 2.42. The first-order valence-corrected chi connectivity index (χ1v) is 8.44. The fourth-order valence-corrected chi connectivity index (χ4v) is 2.70. The summed E-state index contributed by atoms with van der Waals surface area (Å²) in [6, 6.07) is 0.810. The number of alkyl halides is 6. The van der Waals surface area contributed by atoms with Crippen molar-refractivity contribution in [3.8, 4) is 5.75 Å². The second-order valence-electron chi connectivity index (χ2n) is 5.33. The molecule has 0 heterocycles.